The predicted molar refractivity (Wildman–Crippen MR) is 105 cm³/mol. The molecule has 0 spiro atoms. The van der Waals surface area contributed by atoms with Gasteiger partial charge in [0.2, 0.25) is 0 Å². The number of hydrogen-bond donors (Lipinski definition) is 1. The van der Waals surface area contributed by atoms with E-state index < -0.39 is 5.82 Å². The second-order valence-corrected chi connectivity index (χ2v) is 6.04. The number of rotatable bonds is 7. The van der Waals surface area contributed by atoms with Gasteiger partial charge in [-0.3, -0.25) is 0 Å². The van der Waals surface area contributed by atoms with E-state index in [9.17, 15) is 4.39 Å². The molecule has 1 aromatic heterocycles. The lowest BCUT2D eigenvalue weighted by Gasteiger charge is -2.08. The zero-order valence-corrected chi connectivity index (χ0v) is 15.9. The lowest BCUT2D eigenvalue weighted by atomic mass is 10.1. The number of furan rings is 1. The third-order valence-electron chi connectivity index (χ3n) is 3.93. The van der Waals surface area contributed by atoms with Crippen molar-refractivity contribution in [1.82, 2.24) is 5.32 Å². The van der Waals surface area contributed by atoms with Crippen LogP contribution in [0.15, 0.2) is 59.0 Å². The van der Waals surface area contributed by atoms with E-state index in [4.69, 9.17) is 20.8 Å². The van der Waals surface area contributed by atoms with Crippen LogP contribution in [0.5, 0.6) is 5.75 Å². The van der Waals surface area contributed by atoms with Crippen LogP contribution in [0.1, 0.15) is 11.3 Å². The number of hydrogen-bond acceptors (Lipinski definition) is 3. The van der Waals surface area contributed by atoms with Gasteiger partial charge in [0.05, 0.1) is 18.7 Å². The van der Waals surface area contributed by atoms with Crippen LogP contribution in [0, 0.1) is 5.82 Å². The summed E-state index contributed by atoms with van der Waals surface area (Å²) in [6.45, 7) is 1.42. The van der Waals surface area contributed by atoms with Gasteiger partial charge in [-0.15, -0.1) is 12.4 Å². The summed E-state index contributed by atoms with van der Waals surface area (Å²) in [5.74, 6) is 1.95. The van der Waals surface area contributed by atoms with Crippen molar-refractivity contribution in [3.63, 3.8) is 0 Å². The van der Waals surface area contributed by atoms with Crippen LogP contribution < -0.4 is 10.1 Å². The first-order chi connectivity index (χ1) is 12.2. The Morgan fingerprint density at radius 3 is 2.69 bits per heavy atom. The summed E-state index contributed by atoms with van der Waals surface area (Å²) in [5, 5.41) is 3.44. The first-order valence-corrected chi connectivity index (χ1v) is 8.42. The van der Waals surface area contributed by atoms with E-state index in [-0.39, 0.29) is 17.4 Å². The monoisotopic (exact) mass is 395 g/mol. The summed E-state index contributed by atoms with van der Waals surface area (Å²) in [6, 6.07) is 16.3. The van der Waals surface area contributed by atoms with Crippen LogP contribution in [-0.4, -0.2) is 13.7 Å². The number of ether oxygens (including phenoxy) is 1. The van der Waals surface area contributed by atoms with Crippen molar-refractivity contribution in [1.29, 1.82) is 0 Å². The van der Waals surface area contributed by atoms with Gasteiger partial charge in [0.15, 0.2) is 0 Å². The van der Waals surface area contributed by atoms with Crippen LogP contribution in [0.3, 0.4) is 0 Å². The molecule has 3 aromatic rings. The molecular formula is C20H20Cl2FNO2. The van der Waals surface area contributed by atoms with E-state index in [1.165, 1.54) is 11.6 Å². The topological polar surface area (TPSA) is 34.4 Å². The van der Waals surface area contributed by atoms with Gasteiger partial charge in [0, 0.05) is 5.56 Å². The van der Waals surface area contributed by atoms with E-state index in [0.29, 0.717) is 12.3 Å². The molecule has 138 valence electrons. The second-order valence-electron chi connectivity index (χ2n) is 5.63. The lowest BCUT2D eigenvalue weighted by Crippen LogP contribution is -2.16. The highest BCUT2D eigenvalue weighted by Crippen LogP contribution is 2.26. The molecule has 0 aliphatic carbocycles. The number of methoxy groups -OCH3 is 1. The Hall–Kier alpha value is -2.01. The Morgan fingerprint density at radius 1 is 1.12 bits per heavy atom. The highest BCUT2D eigenvalue weighted by atomic mass is 35.5. The molecule has 0 fully saturated rings. The molecule has 0 unspecified atom stereocenters. The summed E-state index contributed by atoms with van der Waals surface area (Å²) in [5.41, 5.74) is 1.92. The lowest BCUT2D eigenvalue weighted by molar-refractivity contribution is 0.408. The standard InChI is InChI=1S/C20H19ClFNO2.ClH/c1-24-19-5-3-2-4-14(19)10-11-23-13-16-7-9-20(25-16)15-6-8-18(22)17(21)12-15;/h2-9,12,23H,10-11,13H2,1H3;1H. The number of benzene rings is 2. The molecule has 0 amide bonds. The molecule has 2 aromatic carbocycles. The van der Waals surface area contributed by atoms with Crippen LogP contribution in [0.4, 0.5) is 4.39 Å². The molecule has 0 aliphatic rings. The molecule has 6 heteroatoms. The first-order valence-electron chi connectivity index (χ1n) is 8.04. The SMILES string of the molecule is COc1ccccc1CCNCc1ccc(-c2ccc(F)c(Cl)c2)o1.Cl. The minimum atomic E-state index is -0.435. The van der Waals surface area contributed by atoms with Gasteiger partial charge >= 0.3 is 0 Å². The fourth-order valence-corrected chi connectivity index (χ4v) is 2.80. The average molecular weight is 396 g/mol. The zero-order valence-electron chi connectivity index (χ0n) is 14.3. The summed E-state index contributed by atoms with van der Waals surface area (Å²) in [4.78, 5) is 0. The number of para-hydroxylation sites is 1. The van der Waals surface area contributed by atoms with Gasteiger partial charge in [-0.1, -0.05) is 29.8 Å². The van der Waals surface area contributed by atoms with Crippen molar-refractivity contribution in [2.24, 2.45) is 0 Å². The van der Waals surface area contributed by atoms with Crippen molar-refractivity contribution >= 4 is 24.0 Å². The maximum atomic E-state index is 13.2. The molecule has 0 atom stereocenters. The molecular weight excluding hydrogens is 376 g/mol. The van der Waals surface area contributed by atoms with Crippen LogP contribution in [0.2, 0.25) is 5.02 Å². The molecule has 1 N–H and O–H groups in total. The van der Waals surface area contributed by atoms with Crippen LogP contribution in [0.25, 0.3) is 11.3 Å². The number of nitrogens with one attached hydrogen (secondary N) is 1. The van der Waals surface area contributed by atoms with Gasteiger partial charge in [-0.2, -0.15) is 0 Å². The summed E-state index contributed by atoms with van der Waals surface area (Å²) in [6.07, 6.45) is 0.866. The number of halogens is 3. The Kier molecular flexibility index (Phi) is 7.51. The van der Waals surface area contributed by atoms with E-state index in [2.05, 4.69) is 11.4 Å². The van der Waals surface area contributed by atoms with Gasteiger partial charge in [-0.25, -0.2) is 4.39 Å². The average Bonchev–Trinajstić information content (AvgIpc) is 3.10. The van der Waals surface area contributed by atoms with E-state index in [1.54, 1.807) is 19.2 Å². The summed E-state index contributed by atoms with van der Waals surface area (Å²) in [7, 11) is 1.68. The molecule has 0 saturated heterocycles. The molecule has 0 bridgehead atoms. The Balaban J connectivity index is 0.00000243. The largest absolute Gasteiger partial charge is 0.496 e. The van der Waals surface area contributed by atoms with Gasteiger partial charge in [0.25, 0.3) is 0 Å². The summed E-state index contributed by atoms with van der Waals surface area (Å²) >= 11 is 5.82. The zero-order chi connectivity index (χ0) is 17.6. The van der Waals surface area contributed by atoms with Gasteiger partial charge in [0.1, 0.15) is 23.1 Å². The first kappa shape index (κ1) is 20.3. The smallest absolute Gasteiger partial charge is 0.141 e. The Labute approximate surface area is 163 Å². The third kappa shape index (κ3) is 5.01. The van der Waals surface area contributed by atoms with E-state index in [0.717, 1.165) is 30.0 Å². The van der Waals surface area contributed by atoms with Crippen LogP contribution in [-0.2, 0) is 13.0 Å². The van der Waals surface area contributed by atoms with Gasteiger partial charge in [-0.05, 0) is 54.9 Å². The van der Waals surface area contributed by atoms with Crippen molar-refractivity contribution in [3.05, 3.63) is 76.8 Å². The summed E-state index contributed by atoms with van der Waals surface area (Å²) < 4.78 is 24.4. The minimum absolute atomic E-state index is 0. The fourth-order valence-electron chi connectivity index (χ4n) is 2.62. The maximum Gasteiger partial charge on any atom is 0.141 e. The van der Waals surface area contributed by atoms with Crippen molar-refractivity contribution < 1.29 is 13.5 Å². The molecule has 0 radical (unpaired) electrons. The third-order valence-corrected chi connectivity index (χ3v) is 4.22. The van der Waals surface area contributed by atoms with Crippen molar-refractivity contribution in [2.75, 3.05) is 13.7 Å². The van der Waals surface area contributed by atoms with Crippen molar-refractivity contribution in [3.8, 4) is 17.1 Å². The van der Waals surface area contributed by atoms with Gasteiger partial charge < -0.3 is 14.5 Å². The Bertz CT molecular complexity index is 851. The van der Waals surface area contributed by atoms with Crippen molar-refractivity contribution in [2.45, 2.75) is 13.0 Å². The molecule has 1 heterocycles. The van der Waals surface area contributed by atoms with E-state index >= 15 is 0 Å². The normalized spacial score (nSPS) is 10.4. The molecule has 3 rings (SSSR count). The van der Waals surface area contributed by atoms with Crippen LogP contribution >= 0.6 is 24.0 Å². The predicted octanol–water partition coefficient (Wildman–Crippen LogP) is 5.50. The van der Waals surface area contributed by atoms with E-state index in [1.807, 2.05) is 30.3 Å². The Morgan fingerprint density at radius 2 is 1.92 bits per heavy atom. The highest BCUT2D eigenvalue weighted by Gasteiger charge is 2.08. The minimum Gasteiger partial charge on any atom is -0.496 e. The molecule has 3 nitrogen and oxygen atoms in total. The molecule has 26 heavy (non-hydrogen) atoms. The fraction of sp³-hybridized carbons (Fsp3) is 0.200. The quantitative estimate of drug-likeness (QED) is 0.536. The highest BCUT2D eigenvalue weighted by molar-refractivity contribution is 6.31. The maximum absolute atomic E-state index is 13.2. The molecule has 0 saturated carbocycles. The second kappa shape index (κ2) is 9.62. The molecule has 0 aliphatic heterocycles.